The van der Waals surface area contributed by atoms with Gasteiger partial charge < -0.3 is 10.0 Å². The summed E-state index contributed by atoms with van der Waals surface area (Å²) in [7, 11) is 2.07. The molecule has 0 aromatic heterocycles. The summed E-state index contributed by atoms with van der Waals surface area (Å²) in [4.78, 5) is 2.21. The molecule has 0 amide bonds. The Bertz CT molecular complexity index is 365. The van der Waals surface area contributed by atoms with Gasteiger partial charge in [-0.2, -0.15) is 0 Å². The van der Waals surface area contributed by atoms with Crippen LogP contribution >= 0.6 is 11.6 Å². The molecule has 1 aliphatic carbocycles. The van der Waals surface area contributed by atoms with Gasteiger partial charge in [0.25, 0.3) is 0 Å². The molecule has 1 aliphatic rings. The van der Waals surface area contributed by atoms with Crippen LogP contribution in [0, 0.1) is 5.92 Å². The number of aliphatic hydroxyl groups excluding tert-OH is 1. The molecule has 1 atom stereocenters. The average Bonchev–Trinajstić information content (AvgIpc) is 2.24. The molecule has 0 radical (unpaired) electrons. The highest BCUT2D eigenvalue weighted by Crippen LogP contribution is 2.28. The molecule has 17 heavy (non-hydrogen) atoms. The molecule has 0 saturated heterocycles. The fraction of sp³-hybridized carbons (Fsp3) is 0.571. The first-order chi connectivity index (χ1) is 8.16. The lowest BCUT2D eigenvalue weighted by Crippen LogP contribution is -2.32. The second-order valence-corrected chi connectivity index (χ2v) is 5.46. The summed E-state index contributed by atoms with van der Waals surface area (Å²) in [6.07, 6.45) is 3.55. The highest BCUT2D eigenvalue weighted by atomic mass is 35.5. The molecule has 1 fully saturated rings. The molecule has 1 aromatic rings. The van der Waals surface area contributed by atoms with E-state index in [2.05, 4.69) is 11.9 Å². The minimum absolute atomic E-state index is 0.492. The highest BCUT2D eigenvalue weighted by molar-refractivity contribution is 6.31. The van der Waals surface area contributed by atoms with Crippen LogP contribution < -0.4 is 0 Å². The van der Waals surface area contributed by atoms with Crippen LogP contribution in [0.4, 0.5) is 0 Å². The van der Waals surface area contributed by atoms with E-state index in [1.54, 1.807) is 0 Å². The molecule has 1 N–H and O–H groups in total. The van der Waals surface area contributed by atoms with E-state index in [1.807, 2.05) is 24.3 Å². The van der Waals surface area contributed by atoms with Crippen LogP contribution in [0.15, 0.2) is 24.3 Å². The smallest absolute Gasteiger partial charge is 0.0931 e. The number of halogens is 1. The van der Waals surface area contributed by atoms with Crippen molar-refractivity contribution < 1.29 is 5.11 Å². The lowest BCUT2D eigenvalue weighted by molar-refractivity contribution is 0.107. The molecule has 0 spiro atoms. The molecule has 1 unspecified atom stereocenters. The molecule has 0 aliphatic heterocycles. The fourth-order valence-corrected chi connectivity index (χ4v) is 2.59. The quantitative estimate of drug-likeness (QED) is 0.872. The predicted molar refractivity (Wildman–Crippen MR) is 71.2 cm³/mol. The minimum Gasteiger partial charge on any atom is -0.387 e. The zero-order valence-electron chi connectivity index (χ0n) is 10.3. The maximum absolute atomic E-state index is 10.1. The first-order valence-electron chi connectivity index (χ1n) is 6.28. The van der Waals surface area contributed by atoms with E-state index in [9.17, 15) is 5.11 Å². The predicted octanol–water partition coefficient (Wildman–Crippen LogP) is 3.11. The van der Waals surface area contributed by atoms with Crippen molar-refractivity contribution in [2.75, 3.05) is 20.1 Å². The summed E-state index contributed by atoms with van der Waals surface area (Å²) in [5.41, 5.74) is 0.828. The van der Waals surface area contributed by atoms with Crippen LogP contribution in [0.3, 0.4) is 0 Å². The van der Waals surface area contributed by atoms with Crippen molar-refractivity contribution in [3.8, 4) is 0 Å². The number of rotatable bonds is 5. The molecule has 1 saturated carbocycles. The normalized spacial score (nSPS) is 18.1. The molecule has 94 valence electrons. The maximum Gasteiger partial charge on any atom is 0.0931 e. The first-order valence-corrected chi connectivity index (χ1v) is 6.65. The Balaban J connectivity index is 1.87. The van der Waals surface area contributed by atoms with Crippen molar-refractivity contribution in [2.24, 2.45) is 5.92 Å². The summed E-state index contributed by atoms with van der Waals surface area (Å²) in [5, 5.41) is 10.8. The van der Waals surface area contributed by atoms with E-state index in [1.165, 1.54) is 19.3 Å². The number of likely N-dealkylation sites (N-methyl/N-ethyl adjacent to an activating group) is 1. The Kier molecular flexibility index (Phi) is 4.43. The molecular formula is C14H20ClNO. The van der Waals surface area contributed by atoms with E-state index >= 15 is 0 Å². The summed E-state index contributed by atoms with van der Waals surface area (Å²) < 4.78 is 0. The van der Waals surface area contributed by atoms with Gasteiger partial charge in [-0.05, 0) is 31.9 Å². The van der Waals surface area contributed by atoms with Crippen molar-refractivity contribution in [3.63, 3.8) is 0 Å². The zero-order chi connectivity index (χ0) is 12.3. The van der Waals surface area contributed by atoms with E-state index < -0.39 is 6.10 Å². The molecular weight excluding hydrogens is 234 g/mol. The van der Waals surface area contributed by atoms with E-state index in [0.29, 0.717) is 11.6 Å². The van der Waals surface area contributed by atoms with Gasteiger partial charge in [0.05, 0.1) is 6.10 Å². The second kappa shape index (κ2) is 5.85. The van der Waals surface area contributed by atoms with Crippen LogP contribution in [0.2, 0.25) is 5.02 Å². The van der Waals surface area contributed by atoms with Gasteiger partial charge >= 0.3 is 0 Å². The first kappa shape index (κ1) is 12.9. The molecule has 2 nitrogen and oxygen atoms in total. The third kappa shape index (κ3) is 3.44. The Morgan fingerprint density at radius 3 is 2.71 bits per heavy atom. The average molecular weight is 254 g/mol. The molecule has 3 heteroatoms. The number of benzene rings is 1. The van der Waals surface area contributed by atoms with Crippen LogP contribution in [0.5, 0.6) is 0 Å². The Hall–Kier alpha value is -0.570. The van der Waals surface area contributed by atoms with Crippen molar-refractivity contribution >= 4 is 11.6 Å². The Labute approximate surface area is 108 Å². The van der Waals surface area contributed by atoms with Gasteiger partial charge in [0.2, 0.25) is 0 Å². The lowest BCUT2D eigenvalue weighted by Gasteiger charge is -2.31. The molecule has 2 rings (SSSR count). The van der Waals surface area contributed by atoms with Crippen LogP contribution in [-0.4, -0.2) is 30.1 Å². The number of aliphatic hydroxyl groups is 1. The van der Waals surface area contributed by atoms with E-state index in [-0.39, 0.29) is 0 Å². The zero-order valence-corrected chi connectivity index (χ0v) is 11.0. The molecule has 1 aromatic carbocycles. The minimum atomic E-state index is -0.492. The van der Waals surface area contributed by atoms with Gasteiger partial charge in [-0.1, -0.05) is 36.2 Å². The van der Waals surface area contributed by atoms with Crippen molar-refractivity contribution in [1.82, 2.24) is 4.90 Å². The Morgan fingerprint density at radius 1 is 1.41 bits per heavy atom. The van der Waals surface area contributed by atoms with Crippen molar-refractivity contribution in [3.05, 3.63) is 34.9 Å². The van der Waals surface area contributed by atoms with Crippen molar-refractivity contribution in [1.29, 1.82) is 0 Å². The fourth-order valence-electron chi connectivity index (χ4n) is 2.33. The standard InChI is InChI=1S/C14H20ClNO/c1-16(9-11-5-4-6-11)10-14(17)12-7-2-3-8-13(12)15/h2-3,7-8,11,14,17H,4-6,9-10H2,1H3. The number of hydrogen-bond acceptors (Lipinski definition) is 2. The van der Waals surface area contributed by atoms with Gasteiger partial charge in [0.1, 0.15) is 0 Å². The van der Waals surface area contributed by atoms with Crippen LogP contribution in [0.25, 0.3) is 0 Å². The summed E-state index contributed by atoms with van der Waals surface area (Å²) in [5.74, 6) is 0.832. The van der Waals surface area contributed by atoms with Gasteiger partial charge in [-0.25, -0.2) is 0 Å². The van der Waals surface area contributed by atoms with E-state index in [4.69, 9.17) is 11.6 Å². The SMILES string of the molecule is CN(CC1CCC1)CC(O)c1ccccc1Cl. The monoisotopic (exact) mass is 253 g/mol. The second-order valence-electron chi connectivity index (χ2n) is 5.06. The van der Waals surface area contributed by atoms with Crippen molar-refractivity contribution in [2.45, 2.75) is 25.4 Å². The van der Waals surface area contributed by atoms with Gasteiger partial charge in [0.15, 0.2) is 0 Å². The number of nitrogens with zero attached hydrogens (tertiary/aromatic N) is 1. The summed E-state index contributed by atoms with van der Waals surface area (Å²) in [6, 6.07) is 7.52. The Morgan fingerprint density at radius 2 is 2.12 bits per heavy atom. The maximum atomic E-state index is 10.1. The van der Waals surface area contributed by atoms with Gasteiger partial charge in [0, 0.05) is 23.7 Å². The lowest BCUT2D eigenvalue weighted by atomic mass is 9.85. The van der Waals surface area contributed by atoms with Crippen LogP contribution in [0.1, 0.15) is 30.9 Å². The topological polar surface area (TPSA) is 23.5 Å². The molecule has 0 bridgehead atoms. The third-order valence-electron chi connectivity index (χ3n) is 3.54. The number of hydrogen-bond donors (Lipinski definition) is 1. The summed E-state index contributed by atoms with van der Waals surface area (Å²) >= 11 is 6.07. The van der Waals surface area contributed by atoms with Gasteiger partial charge in [-0.3, -0.25) is 0 Å². The summed E-state index contributed by atoms with van der Waals surface area (Å²) in [6.45, 7) is 1.74. The molecule has 0 heterocycles. The largest absolute Gasteiger partial charge is 0.387 e. The van der Waals surface area contributed by atoms with Gasteiger partial charge in [-0.15, -0.1) is 0 Å². The third-order valence-corrected chi connectivity index (χ3v) is 3.89. The van der Waals surface area contributed by atoms with Crippen LogP contribution in [-0.2, 0) is 0 Å². The van der Waals surface area contributed by atoms with E-state index in [0.717, 1.165) is 18.0 Å². The highest BCUT2D eigenvalue weighted by Gasteiger charge is 2.21.